The van der Waals surface area contributed by atoms with Crippen LogP contribution in [0.3, 0.4) is 0 Å². The van der Waals surface area contributed by atoms with Crippen LogP contribution >= 0.6 is 0 Å². The normalized spacial score (nSPS) is 15.6. The van der Waals surface area contributed by atoms with Gasteiger partial charge in [-0.15, -0.1) is 0 Å². The Morgan fingerprint density at radius 1 is 1.17 bits per heavy atom. The Kier molecular flexibility index (Phi) is 5.36. The molecule has 7 nitrogen and oxygen atoms in total. The fourth-order valence-corrected chi connectivity index (χ4v) is 4.70. The summed E-state index contributed by atoms with van der Waals surface area (Å²) < 4.78 is 43.5. The third kappa shape index (κ3) is 3.89. The van der Waals surface area contributed by atoms with Crippen molar-refractivity contribution >= 4 is 15.7 Å². The van der Waals surface area contributed by atoms with E-state index in [-0.39, 0.29) is 21.7 Å². The first-order chi connectivity index (χ1) is 14.0. The predicted octanol–water partition coefficient (Wildman–Crippen LogP) is 4.40. The molecule has 0 radical (unpaired) electrons. The van der Waals surface area contributed by atoms with Crippen LogP contribution in [0.5, 0.6) is 5.75 Å². The van der Waals surface area contributed by atoms with Gasteiger partial charge in [-0.3, -0.25) is 0 Å². The van der Waals surface area contributed by atoms with Crippen LogP contribution in [0.15, 0.2) is 61.4 Å². The average molecular weight is 416 g/mol. The molecule has 1 aromatic carbocycles. The zero-order valence-corrected chi connectivity index (χ0v) is 17.3. The number of nitrogens with zero attached hydrogens (tertiary/aromatic N) is 2. The molecule has 29 heavy (non-hydrogen) atoms. The van der Waals surface area contributed by atoms with Crippen molar-refractivity contribution < 1.29 is 22.0 Å². The Labute approximate surface area is 170 Å². The number of rotatable bonds is 6. The van der Waals surface area contributed by atoms with Gasteiger partial charge in [-0.25, -0.2) is 8.42 Å². The predicted molar refractivity (Wildman–Crippen MR) is 108 cm³/mol. The lowest BCUT2D eigenvalue weighted by Gasteiger charge is -2.30. The number of anilines is 1. The van der Waals surface area contributed by atoms with E-state index in [2.05, 4.69) is 11.9 Å². The third-order valence-corrected chi connectivity index (χ3v) is 6.75. The van der Waals surface area contributed by atoms with E-state index in [4.69, 9.17) is 13.6 Å². The average Bonchev–Trinajstić information content (AvgIpc) is 3.39. The van der Waals surface area contributed by atoms with E-state index in [1.807, 2.05) is 11.8 Å². The number of hydrogen-bond donors (Lipinski definition) is 0. The van der Waals surface area contributed by atoms with Gasteiger partial charge >= 0.3 is 0 Å². The molecule has 0 amide bonds. The molecule has 2 aromatic heterocycles. The van der Waals surface area contributed by atoms with Crippen LogP contribution in [0.1, 0.15) is 26.7 Å². The van der Waals surface area contributed by atoms with Gasteiger partial charge in [-0.05, 0) is 62.1 Å². The number of hydrogen-bond acceptors (Lipinski definition) is 7. The van der Waals surface area contributed by atoms with Gasteiger partial charge in [0.25, 0.3) is 5.89 Å². The molecule has 4 rings (SSSR count). The van der Waals surface area contributed by atoms with E-state index < -0.39 is 9.84 Å². The lowest BCUT2D eigenvalue weighted by Crippen LogP contribution is -2.33. The third-order valence-electron chi connectivity index (χ3n) is 5.08. The van der Waals surface area contributed by atoms with Crippen molar-refractivity contribution in [1.82, 2.24) is 4.98 Å². The van der Waals surface area contributed by atoms with Crippen molar-refractivity contribution in [2.24, 2.45) is 5.92 Å². The standard InChI is InChI=1S/C21H24N2O5S/c1-3-26-16-6-8-17(9-7-16)29(24,25)20-21(23-12-10-15(2)11-13-23)28-19(22-20)18-5-4-14-27-18/h4-9,14-15H,3,10-13H2,1-2H3. The van der Waals surface area contributed by atoms with Gasteiger partial charge in [0.1, 0.15) is 5.75 Å². The molecule has 0 spiro atoms. The smallest absolute Gasteiger partial charge is 0.266 e. The molecule has 0 bridgehead atoms. The Morgan fingerprint density at radius 2 is 1.90 bits per heavy atom. The molecule has 154 valence electrons. The van der Waals surface area contributed by atoms with Crippen molar-refractivity contribution in [3.8, 4) is 17.4 Å². The van der Waals surface area contributed by atoms with E-state index in [1.54, 1.807) is 24.3 Å². The van der Waals surface area contributed by atoms with Crippen molar-refractivity contribution in [1.29, 1.82) is 0 Å². The Hall–Kier alpha value is -2.74. The highest BCUT2D eigenvalue weighted by Crippen LogP contribution is 2.36. The largest absolute Gasteiger partial charge is 0.494 e. The highest BCUT2D eigenvalue weighted by molar-refractivity contribution is 7.91. The molecular weight excluding hydrogens is 392 g/mol. The summed E-state index contributed by atoms with van der Waals surface area (Å²) in [6.45, 7) is 6.03. The van der Waals surface area contributed by atoms with E-state index in [0.717, 1.165) is 25.9 Å². The second-order valence-electron chi connectivity index (χ2n) is 7.18. The molecule has 0 atom stereocenters. The highest BCUT2D eigenvalue weighted by atomic mass is 32.2. The zero-order chi connectivity index (χ0) is 20.4. The lowest BCUT2D eigenvalue weighted by atomic mass is 9.99. The molecule has 3 heterocycles. The van der Waals surface area contributed by atoms with E-state index in [9.17, 15) is 8.42 Å². The second-order valence-corrected chi connectivity index (χ2v) is 9.05. The summed E-state index contributed by atoms with van der Waals surface area (Å²) >= 11 is 0. The number of oxazole rings is 1. The van der Waals surface area contributed by atoms with Crippen LogP contribution in [-0.4, -0.2) is 33.1 Å². The molecule has 1 fully saturated rings. The Balaban J connectivity index is 1.76. The summed E-state index contributed by atoms with van der Waals surface area (Å²) in [7, 11) is -3.88. The molecule has 8 heteroatoms. The molecule has 1 aliphatic heterocycles. The van der Waals surface area contributed by atoms with Crippen molar-refractivity contribution in [3.63, 3.8) is 0 Å². The van der Waals surface area contributed by atoms with E-state index in [1.165, 1.54) is 18.4 Å². The first kappa shape index (κ1) is 19.6. The number of sulfone groups is 1. The van der Waals surface area contributed by atoms with Gasteiger partial charge in [0.05, 0.1) is 17.8 Å². The fourth-order valence-electron chi connectivity index (χ4n) is 3.38. The van der Waals surface area contributed by atoms with Crippen LogP contribution in [0, 0.1) is 5.92 Å². The van der Waals surface area contributed by atoms with Crippen LogP contribution < -0.4 is 9.64 Å². The van der Waals surface area contributed by atoms with Gasteiger partial charge in [0.15, 0.2) is 5.76 Å². The molecule has 3 aromatic rings. The number of benzene rings is 1. The van der Waals surface area contributed by atoms with E-state index in [0.29, 0.717) is 24.0 Å². The monoisotopic (exact) mass is 416 g/mol. The SMILES string of the molecule is CCOc1ccc(S(=O)(=O)c2nc(-c3ccco3)oc2N2CCC(C)CC2)cc1. The number of aromatic nitrogens is 1. The second kappa shape index (κ2) is 7.94. The first-order valence-electron chi connectivity index (χ1n) is 9.76. The summed E-state index contributed by atoms with van der Waals surface area (Å²) in [6, 6.07) is 9.76. The molecule has 1 aliphatic rings. The highest BCUT2D eigenvalue weighted by Gasteiger charge is 2.33. The lowest BCUT2D eigenvalue weighted by molar-refractivity contribution is 0.340. The van der Waals surface area contributed by atoms with Gasteiger partial charge in [0.2, 0.25) is 20.7 Å². The molecule has 0 unspecified atom stereocenters. The minimum atomic E-state index is -3.88. The molecular formula is C21H24N2O5S. The Bertz CT molecular complexity index is 1050. The first-order valence-corrected chi connectivity index (χ1v) is 11.2. The Morgan fingerprint density at radius 3 is 2.52 bits per heavy atom. The minimum Gasteiger partial charge on any atom is -0.494 e. The number of piperidine rings is 1. The molecule has 0 N–H and O–H groups in total. The number of furan rings is 1. The summed E-state index contributed by atoms with van der Waals surface area (Å²) in [5, 5.41) is -0.0809. The van der Waals surface area contributed by atoms with Crippen LogP contribution in [0.4, 0.5) is 5.88 Å². The quantitative estimate of drug-likeness (QED) is 0.588. The molecule has 0 aliphatic carbocycles. The van der Waals surface area contributed by atoms with Gasteiger partial charge < -0.3 is 18.5 Å². The van der Waals surface area contributed by atoms with Gasteiger partial charge in [-0.2, -0.15) is 4.98 Å². The summed E-state index contributed by atoms with van der Waals surface area (Å²) in [5.41, 5.74) is 0. The van der Waals surface area contributed by atoms with Crippen LogP contribution in [-0.2, 0) is 9.84 Å². The maximum absolute atomic E-state index is 13.4. The number of ether oxygens (including phenoxy) is 1. The maximum Gasteiger partial charge on any atom is 0.266 e. The fraction of sp³-hybridized carbons (Fsp3) is 0.381. The summed E-state index contributed by atoms with van der Waals surface area (Å²) in [5.74, 6) is 2.05. The van der Waals surface area contributed by atoms with Crippen LogP contribution in [0.2, 0.25) is 0 Å². The maximum atomic E-state index is 13.4. The van der Waals surface area contributed by atoms with E-state index >= 15 is 0 Å². The van der Waals surface area contributed by atoms with Crippen molar-refractivity contribution in [2.45, 2.75) is 36.6 Å². The summed E-state index contributed by atoms with van der Waals surface area (Å²) in [6.07, 6.45) is 3.45. The molecule has 1 saturated heterocycles. The van der Waals surface area contributed by atoms with Gasteiger partial charge in [0, 0.05) is 13.1 Å². The summed E-state index contributed by atoms with van der Waals surface area (Å²) in [4.78, 5) is 6.44. The molecule has 0 saturated carbocycles. The minimum absolute atomic E-state index is 0.0809. The topological polar surface area (TPSA) is 85.8 Å². The van der Waals surface area contributed by atoms with Crippen molar-refractivity contribution in [2.75, 3.05) is 24.6 Å². The van der Waals surface area contributed by atoms with Crippen molar-refractivity contribution in [3.05, 3.63) is 42.7 Å². The zero-order valence-electron chi connectivity index (χ0n) is 16.5. The van der Waals surface area contributed by atoms with Gasteiger partial charge in [-0.1, -0.05) is 6.92 Å². The van der Waals surface area contributed by atoms with Crippen LogP contribution in [0.25, 0.3) is 11.7 Å².